The molecule has 2 bridgehead atoms. The van der Waals surface area contributed by atoms with Gasteiger partial charge in [0.1, 0.15) is 31.0 Å². The van der Waals surface area contributed by atoms with Crippen LogP contribution in [0.3, 0.4) is 0 Å². The quantitative estimate of drug-likeness (QED) is 0.399. The zero-order chi connectivity index (χ0) is 24.3. The lowest BCUT2D eigenvalue weighted by atomic mass is 9.82. The number of quaternary nitrogens is 1. The summed E-state index contributed by atoms with van der Waals surface area (Å²) in [7, 11) is 0. The molecule has 0 N–H and O–H groups in total. The maximum absolute atomic E-state index is 13.9. The fourth-order valence-corrected chi connectivity index (χ4v) is 6.52. The Kier molecular flexibility index (Phi) is 7.17. The zero-order valence-electron chi connectivity index (χ0n) is 21.5. The Labute approximate surface area is 210 Å². The van der Waals surface area contributed by atoms with E-state index in [9.17, 15) is 4.79 Å². The summed E-state index contributed by atoms with van der Waals surface area (Å²) in [5.41, 5.74) is 1.53. The summed E-state index contributed by atoms with van der Waals surface area (Å²) in [6, 6.07) is 18.5. The first-order chi connectivity index (χ1) is 17.0. The highest BCUT2D eigenvalue weighted by molar-refractivity contribution is 5.82. The van der Waals surface area contributed by atoms with Crippen molar-refractivity contribution in [2.24, 2.45) is 5.92 Å². The molecule has 0 unspecified atom stereocenters. The van der Waals surface area contributed by atoms with Gasteiger partial charge < -0.3 is 14.0 Å². The molecular formula is C30H41N2O3+. The minimum Gasteiger partial charge on any atom is -0.488 e. The number of likely N-dealkylation sites (tertiary alicyclic amines) is 1. The topological polar surface area (TPSA) is 38.8 Å². The Morgan fingerprint density at radius 3 is 2.49 bits per heavy atom. The minimum atomic E-state index is -0.729. The highest BCUT2D eigenvalue weighted by Crippen LogP contribution is 2.38. The lowest BCUT2D eigenvalue weighted by Crippen LogP contribution is -2.66. The van der Waals surface area contributed by atoms with Crippen molar-refractivity contribution < 1.29 is 18.8 Å². The van der Waals surface area contributed by atoms with Gasteiger partial charge in [0.25, 0.3) is 0 Å². The largest absolute Gasteiger partial charge is 0.488 e. The van der Waals surface area contributed by atoms with Gasteiger partial charge in [0.15, 0.2) is 6.10 Å². The molecule has 0 aromatic heterocycles. The number of benzene rings is 2. The Balaban J connectivity index is 1.27. The summed E-state index contributed by atoms with van der Waals surface area (Å²) < 4.78 is 13.6. The standard InChI is InChI=1S/C30H41N2O3/c1-24-10-9-13-27(22-24)34-21-20-32-18-14-25(15-19-32)28(23-32)35-29(33)30(2,26-11-5-3-6-12-26)31-16-7-4-8-17-31/h3,5-6,9-13,22,25,28H,4,7-8,14-21,23H2,1-2H3/q+1/t25?,28-,30-,32?/m0/s1. The second kappa shape index (κ2) is 10.3. The van der Waals surface area contributed by atoms with Crippen LogP contribution in [0, 0.1) is 12.8 Å². The van der Waals surface area contributed by atoms with E-state index in [4.69, 9.17) is 9.47 Å². The molecule has 4 aliphatic rings. The van der Waals surface area contributed by atoms with Crippen molar-refractivity contribution in [3.8, 4) is 5.75 Å². The summed E-state index contributed by atoms with van der Waals surface area (Å²) in [6.45, 7) is 11.0. The number of hydrogen-bond donors (Lipinski definition) is 0. The van der Waals surface area contributed by atoms with Crippen LogP contribution in [0.1, 0.15) is 50.2 Å². The van der Waals surface area contributed by atoms with Crippen LogP contribution in [0.5, 0.6) is 5.75 Å². The Bertz CT molecular complexity index is 996. The number of rotatable bonds is 8. The lowest BCUT2D eigenvalue weighted by Gasteiger charge is -2.52. The molecule has 5 heteroatoms. The Hall–Kier alpha value is -2.37. The molecule has 4 aliphatic heterocycles. The summed E-state index contributed by atoms with van der Waals surface area (Å²) >= 11 is 0. The normalized spacial score (nSPS) is 28.3. The van der Waals surface area contributed by atoms with E-state index >= 15 is 0 Å². The number of aryl methyl sites for hydroxylation is 1. The van der Waals surface area contributed by atoms with Crippen LogP contribution >= 0.6 is 0 Å². The van der Waals surface area contributed by atoms with Crippen molar-refractivity contribution in [2.75, 3.05) is 45.9 Å². The first-order valence-corrected chi connectivity index (χ1v) is 13.5. The van der Waals surface area contributed by atoms with Crippen molar-refractivity contribution >= 4 is 5.97 Å². The third-order valence-electron chi connectivity index (χ3n) is 8.85. The highest BCUT2D eigenvalue weighted by atomic mass is 16.5. The fourth-order valence-electron chi connectivity index (χ4n) is 6.52. The molecule has 0 radical (unpaired) electrons. The number of hydrogen-bond acceptors (Lipinski definition) is 4. The van der Waals surface area contributed by atoms with Crippen LogP contribution in [0.25, 0.3) is 0 Å². The molecule has 6 rings (SSSR count). The minimum absolute atomic E-state index is 0.00297. The second-order valence-electron chi connectivity index (χ2n) is 11.1. The van der Waals surface area contributed by atoms with E-state index < -0.39 is 5.54 Å². The van der Waals surface area contributed by atoms with Crippen LogP contribution < -0.4 is 4.74 Å². The van der Waals surface area contributed by atoms with Gasteiger partial charge in [0.2, 0.25) is 0 Å². The van der Waals surface area contributed by atoms with Crippen LogP contribution in [-0.4, -0.2) is 67.3 Å². The predicted molar refractivity (Wildman–Crippen MR) is 138 cm³/mol. The van der Waals surface area contributed by atoms with Crippen molar-refractivity contribution in [3.63, 3.8) is 0 Å². The summed E-state index contributed by atoms with van der Waals surface area (Å²) in [4.78, 5) is 16.3. The molecular weight excluding hydrogens is 436 g/mol. The van der Waals surface area contributed by atoms with Gasteiger partial charge in [-0.1, -0.05) is 48.9 Å². The smallest absolute Gasteiger partial charge is 0.331 e. The monoisotopic (exact) mass is 477 g/mol. The van der Waals surface area contributed by atoms with Gasteiger partial charge >= 0.3 is 5.97 Å². The summed E-state index contributed by atoms with van der Waals surface area (Å²) in [5.74, 6) is 1.36. The average molecular weight is 478 g/mol. The molecule has 0 aliphatic carbocycles. The third-order valence-corrected chi connectivity index (χ3v) is 8.85. The zero-order valence-corrected chi connectivity index (χ0v) is 21.5. The van der Waals surface area contributed by atoms with Gasteiger partial charge in [0, 0.05) is 18.8 Å². The maximum atomic E-state index is 13.9. The van der Waals surface area contributed by atoms with E-state index in [2.05, 4.69) is 43.0 Å². The summed E-state index contributed by atoms with van der Waals surface area (Å²) in [5, 5.41) is 0. The maximum Gasteiger partial charge on any atom is 0.331 e. The van der Waals surface area contributed by atoms with Crippen LogP contribution in [0.4, 0.5) is 0 Å². The number of fused-ring (bicyclic) bond motifs is 3. The van der Waals surface area contributed by atoms with Gasteiger partial charge in [0.05, 0.1) is 13.1 Å². The molecule has 4 heterocycles. The van der Waals surface area contributed by atoms with Gasteiger partial charge in [-0.05, 0) is 63.0 Å². The van der Waals surface area contributed by atoms with E-state index in [1.54, 1.807) is 0 Å². The number of piperidine rings is 4. The van der Waals surface area contributed by atoms with E-state index in [0.717, 1.165) is 80.7 Å². The molecule has 0 saturated carbocycles. The average Bonchev–Trinajstić information content (AvgIpc) is 2.90. The van der Waals surface area contributed by atoms with E-state index in [0.29, 0.717) is 12.5 Å². The molecule has 4 fully saturated rings. The summed E-state index contributed by atoms with van der Waals surface area (Å²) in [6.07, 6.45) is 5.79. The number of nitrogens with zero attached hydrogens (tertiary/aromatic N) is 2. The molecule has 2 aromatic rings. The van der Waals surface area contributed by atoms with Gasteiger partial charge in [-0.15, -0.1) is 0 Å². The van der Waals surface area contributed by atoms with E-state index in [-0.39, 0.29) is 12.1 Å². The number of esters is 1. The predicted octanol–water partition coefficient (Wildman–Crippen LogP) is 4.93. The first kappa shape index (κ1) is 24.3. The van der Waals surface area contributed by atoms with Crippen molar-refractivity contribution in [3.05, 3.63) is 65.7 Å². The third kappa shape index (κ3) is 5.12. The molecule has 0 spiro atoms. The molecule has 5 nitrogen and oxygen atoms in total. The van der Waals surface area contributed by atoms with Gasteiger partial charge in [-0.25, -0.2) is 4.79 Å². The molecule has 0 amide bonds. The van der Waals surface area contributed by atoms with Crippen molar-refractivity contribution in [1.29, 1.82) is 0 Å². The molecule has 35 heavy (non-hydrogen) atoms. The van der Waals surface area contributed by atoms with E-state index in [1.165, 1.54) is 12.0 Å². The lowest BCUT2D eigenvalue weighted by molar-refractivity contribution is -0.946. The second-order valence-corrected chi connectivity index (χ2v) is 11.1. The van der Waals surface area contributed by atoms with Crippen molar-refractivity contribution in [2.45, 2.75) is 57.6 Å². The highest BCUT2D eigenvalue weighted by Gasteiger charge is 2.50. The molecule has 2 atom stereocenters. The van der Waals surface area contributed by atoms with Crippen LogP contribution in [-0.2, 0) is 15.1 Å². The SMILES string of the molecule is Cc1cccc(OCC[N+]23CCC(CC2)[C@@H](OC(=O)[C@](C)(c2ccccc2)N2CCCCC2)C3)c1. The Morgan fingerprint density at radius 2 is 1.77 bits per heavy atom. The number of carbonyl (C=O) groups is 1. The van der Waals surface area contributed by atoms with Crippen molar-refractivity contribution in [1.82, 2.24) is 4.90 Å². The number of carbonyl (C=O) groups excluding carboxylic acids is 1. The first-order valence-electron chi connectivity index (χ1n) is 13.5. The molecule has 188 valence electrons. The Morgan fingerprint density at radius 1 is 1.03 bits per heavy atom. The van der Waals surface area contributed by atoms with Gasteiger partial charge in [-0.2, -0.15) is 0 Å². The van der Waals surface area contributed by atoms with Gasteiger partial charge in [-0.3, -0.25) is 4.90 Å². The number of ether oxygens (including phenoxy) is 2. The molecule has 4 saturated heterocycles. The van der Waals surface area contributed by atoms with Crippen LogP contribution in [0.2, 0.25) is 0 Å². The van der Waals surface area contributed by atoms with E-state index in [1.807, 2.05) is 30.3 Å². The van der Waals surface area contributed by atoms with Crippen LogP contribution in [0.15, 0.2) is 54.6 Å². The fraction of sp³-hybridized carbons (Fsp3) is 0.567. The molecule has 2 aromatic carbocycles.